The number of hydroxylamine groups is 1. The zero-order chi connectivity index (χ0) is 12.2. The second-order valence-electron chi connectivity index (χ2n) is 3.28. The second kappa shape index (κ2) is 5.67. The Balaban J connectivity index is 3.07. The number of sulfone groups is 1. The van der Waals surface area contributed by atoms with Crippen molar-refractivity contribution in [3.63, 3.8) is 0 Å². The van der Waals surface area contributed by atoms with Gasteiger partial charge >= 0.3 is 0 Å². The first-order valence-electron chi connectivity index (χ1n) is 4.62. The molecule has 0 bridgehead atoms. The van der Waals surface area contributed by atoms with E-state index in [0.29, 0.717) is 11.4 Å². The van der Waals surface area contributed by atoms with Crippen LogP contribution in [-0.2, 0) is 21.2 Å². The van der Waals surface area contributed by atoms with Gasteiger partial charge in [0.05, 0.1) is 12.0 Å². The Hall–Kier alpha value is -0.560. The van der Waals surface area contributed by atoms with Gasteiger partial charge in [-0.25, -0.2) is 8.42 Å². The molecule has 1 aromatic rings. The predicted molar refractivity (Wildman–Crippen MR) is 65.2 cm³/mol. The summed E-state index contributed by atoms with van der Waals surface area (Å²) >= 11 is 1.42. The summed E-state index contributed by atoms with van der Waals surface area (Å²) in [5, 5.41) is 0. The van der Waals surface area contributed by atoms with Crippen molar-refractivity contribution >= 4 is 21.6 Å². The molecule has 0 unspecified atom stereocenters. The van der Waals surface area contributed by atoms with Crippen LogP contribution in [0.25, 0.3) is 0 Å². The van der Waals surface area contributed by atoms with Crippen molar-refractivity contribution in [2.45, 2.75) is 16.3 Å². The van der Waals surface area contributed by atoms with Crippen LogP contribution in [0.2, 0.25) is 0 Å². The van der Waals surface area contributed by atoms with E-state index in [1.165, 1.54) is 18.0 Å². The summed E-state index contributed by atoms with van der Waals surface area (Å²) in [6, 6.07) is 5.27. The highest BCUT2D eigenvalue weighted by atomic mass is 32.2. The minimum atomic E-state index is -3.16. The smallest absolute Gasteiger partial charge is 0.176 e. The molecule has 0 aromatic heterocycles. The number of benzene rings is 1. The lowest BCUT2D eigenvalue weighted by molar-refractivity contribution is 0.0866. The molecule has 0 saturated carbocycles. The molecule has 0 amide bonds. The number of nitrogens with one attached hydrogen (secondary N) is 1. The van der Waals surface area contributed by atoms with Crippen molar-refractivity contribution < 1.29 is 13.3 Å². The summed E-state index contributed by atoms with van der Waals surface area (Å²) in [5.41, 5.74) is 3.70. The van der Waals surface area contributed by atoms with Crippen LogP contribution in [0, 0.1) is 0 Å². The summed E-state index contributed by atoms with van der Waals surface area (Å²) in [5.74, 6) is 0. The van der Waals surface area contributed by atoms with Crippen molar-refractivity contribution in [1.82, 2.24) is 5.48 Å². The van der Waals surface area contributed by atoms with Crippen LogP contribution in [0.4, 0.5) is 0 Å². The van der Waals surface area contributed by atoms with Crippen LogP contribution < -0.4 is 5.48 Å². The number of hydrogen-bond donors (Lipinski definition) is 1. The molecule has 0 atom stereocenters. The summed E-state index contributed by atoms with van der Waals surface area (Å²) in [6.45, 7) is 0.550. The molecule has 0 aliphatic rings. The van der Waals surface area contributed by atoms with Gasteiger partial charge in [0.15, 0.2) is 9.84 Å². The Bertz CT molecular complexity index is 457. The van der Waals surface area contributed by atoms with Crippen LogP contribution in [0.5, 0.6) is 0 Å². The quantitative estimate of drug-likeness (QED) is 0.642. The van der Waals surface area contributed by atoms with Gasteiger partial charge in [0, 0.05) is 17.7 Å². The molecule has 0 radical (unpaired) electrons. The maximum absolute atomic E-state index is 11.5. The van der Waals surface area contributed by atoms with E-state index in [2.05, 4.69) is 5.48 Å². The monoisotopic (exact) mass is 261 g/mol. The van der Waals surface area contributed by atoms with Crippen LogP contribution in [0.1, 0.15) is 5.56 Å². The zero-order valence-corrected chi connectivity index (χ0v) is 11.1. The van der Waals surface area contributed by atoms with Crippen LogP contribution >= 0.6 is 11.8 Å². The van der Waals surface area contributed by atoms with E-state index in [9.17, 15) is 8.42 Å². The summed E-state index contributed by atoms with van der Waals surface area (Å²) in [6.07, 6.45) is 3.08. The third kappa shape index (κ3) is 3.48. The van der Waals surface area contributed by atoms with Gasteiger partial charge in [-0.05, 0) is 24.0 Å². The van der Waals surface area contributed by atoms with E-state index in [0.717, 1.165) is 10.5 Å². The Morgan fingerprint density at radius 3 is 2.62 bits per heavy atom. The lowest BCUT2D eigenvalue weighted by Gasteiger charge is -2.08. The summed E-state index contributed by atoms with van der Waals surface area (Å²) in [7, 11) is -1.61. The van der Waals surface area contributed by atoms with Crippen molar-refractivity contribution in [2.24, 2.45) is 0 Å². The molecule has 0 spiro atoms. The molecule has 90 valence electrons. The van der Waals surface area contributed by atoms with Gasteiger partial charge in [0.1, 0.15) is 0 Å². The highest BCUT2D eigenvalue weighted by molar-refractivity contribution is 7.99. The minimum absolute atomic E-state index is 0.376. The Kier molecular flexibility index (Phi) is 4.79. The van der Waals surface area contributed by atoms with Crippen molar-refractivity contribution in [1.29, 1.82) is 0 Å². The van der Waals surface area contributed by atoms with Gasteiger partial charge in [0.25, 0.3) is 0 Å². The molecule has 0 heterocycles. The first-order valence-corrected chi connectivity index (χ1v) is 7.73. The van der Waals surface area contributed by atoms with Crippen molar-refractivity contribution in [3.05, 3.63) is 23.8 Å². The fraction of sp³-hybridized carbons (Fsp3) is 0.400. The molecule has 1 N–H and O–H groups in total. The number of hydrogen-bond acceptors (Lipinski definition) is 5. The molecule has 0 fully saturated rings. The lowest BCUT2D eigenvalue weighted by Crippen LogP contribution is -2.11. The highest BCUT2D eigenvalue weighted by Crippen LogP contribution is 2.25. The van der Waals surface area contributed by atoms with Gasteiger partial charge in [-0.1, -0.05) is 6.07 Å². The summed E-state index contributed by atoms with van der Waals surface area (Å²) < 4.78 is 23.0. The largest absolute Gasteiger partial charge is 0.305 e. The summed E-state index contributed by atoms with van der Waals surface area (Å²) in [4.78, 5) is 5.88. The average molecular weight is 261 g/mol. The third-order valence-corrected chi connectivity index (χ3v) is 4.11. The minimum Gasteiger partial charge on any atom is -0.305 e. The van der Waals surface area contributed by atoms with Crippen molar-refractivity contribution in [2.75, 3.05) is 19.6 Å². The van der Waals surface area contributed by atoms with E-state index >= 15 is 0 Å². The van der Waals surface area contributed by atoms with Gasteiger partial charge in [-0.15, -0.1) is 11.8 Å². The molecule has 6 heteroatoms. The van der Waals surface area contributed by atoms with E-state index < -0.39 is 9.84 Å². The molecule has 16 heavy (non-hydrogen) atoms. The van der Waals surface area contributed by atoms with Crippen LogP contribution in [0.3, 0.4) is 0 Å². The van der Waals surface area contributed by atoms with Gasteiger partial charge in [-0.3, -0.25) is 0 Å². The fourth-order valence-corrected chi connectivity index (χ4v) is 3.27. The van der Waals surface area contributed by atoms with Gasteiger partial charge in [-0.2, -0.15) is 5.48 Å². The van der Waals surface area contributed by atoms with E-state index in [1.54, 1.807) is 19.2 Å². The first kappa shape index (κ1) is 13.5. The molecule has 0 aliphatic heterocycles. The molecule has 4 nitrogen and oxygen atoms in total. The van der Waals surface area contributed by atoms with Crippen LogP contribution in [-0.4, -0.2) is 28.0 Å². The number of thioether (sulfide) groups is 1. The predicted octanol–water partition coefficient (Wildman–Crippen LogP) is 1.46. The molecule has 1 rings (SSSR count). The zero-order valence-electron chi connectivity index (χ0n) is 9.48. The molecular weight excluding hydrogens is 246 g/mol. The molecule has 1 aromatic carbocycles. The van der Waals surface area contributed by atoms with Gasteiger partial charge in [0.2, 0.25) is 0 Å². The number of rotatable bonds is 5. The topological polar surface area (TPSA) is 55.4 Å². The van der Waals surface area contributed by atoms with Crippen molar-refractivity contribution in [3.8, 4) is 0 Å². The molecule has 0 aliphatic carbocycles. The van der Waals surface area contributed by atoms with E-state index in [1.807, 2.05) is 12.3 Å². The Morgan fingerprint density at radius 2 is 2.12 bits per heavy atom. The second-order valence-corrected chi connectivity index (χ2v) is 6.11. The highest BCUT2D eigenvalue weighted by Gasteiger charge is 2.12. The van der Waals surface area contributed by atoms with E-state index in [-0.39, 0.29) is 0 Å². The van der Waals surface area contributed by atoms with E-state index in [4.69, 9.17) is 4.84 Å². The maximum atomic E-state index is 11.5. The Labute approximate surface area is 100 Å². The molecule has 0 saturated heterocycles. The standard InChI is InChI=1S/C10H15NO3S2/c1-14-11-7-8-4-5-10(16(3,12)13)9(6-8)15-2/h4-6,11H,7H2,1-3H3. The normalized spacial score (nSPS) is 11.7. The van der Waals surface area contributed by atoms with Gasteiger partial charge < -0.3 is 4.84 Å². The maximum Gasteiger partial charge on any atom is 0.176 e. The average Bonchev–Trinajstić information content (AvgIpc) is 2.24. The SMILES string of the molecule is CONCc1ccc(S(C)(=O)=O)c(SC)c1. The lowest BCUT2D eigenvalue weighted by atomic mass is 10.2. The fourth-order valence-electron chi connectivity index (χ4n) is 1.28. The Morgan fingerprint density at radius 1 is 1.44 bits per heavy atom. The first-order chi connectivity index (χ1) is 7.49. The third-order valence-electron chi connectivity index (χ3n) is 2.05. The molecular formula is C10H15NO3S2. The van der Waals surface area contributed by atoms with Crippen LogP contribution in [0.15, 0.2) is 28.0 Å².